The van der Waals surface area contributed by atoms with Crippen LogP contribution in [0.5, 0.6) is 0 Å². The first-order valence-electron chi connectivity index (χ1n) is 8.86. The molecule has 0 saturated heterocycles. The summed E-state index contributed by atoms with van der Waals surface area (Å²) in [6.45, 7) is 3.74. The van der Waals surface area contributed by atoms with Crippen molar-refractivity contribution in [3.63, 3.8) is 0 Å². The molecule has 9 nitrogen and oxygen atoms in total. The number of nitrogens with one attached hydrogen (secondary N) is 1. The van der Waals surface area contributed by atoms with E-state index in [0.29, 0.717) is 19.7 Å². The average molecular weight is 389 g/mol. The van der Waals surface area contributed by atoms with E-state index in [9.17, 15) is 4.79 Å². The minimum atomic E-state index is -1.82. The smallest absolute Gasteiger partial charge is 0.414 e. The standard InChI is InChI=1S/C17H21N3O2.C2H2O4/c1-2-13(14-6-4-3-5-7-14)11-22-17(21)20-9-8-15-16(10-20)19-12-18-15;3-1(4)2(5)6/h3-7,12-13H,2,8-11H2,1H3,(H,18,19);(H,3,4)(H,5,6). The lowest BCUT2D eigenvalue weighted by Crippen LogP contribution is -2.37. The first kappa shape index (κ1) is 20.9. The van der Waals surface area contributed by atoms with Crippen molar-refractivity contribution in [2.75, 3.05) is 13.2 Å². The molecule has 1 aromatic heterocycles. The lowest BCUT2D eigenvalue weighted by Gasteiger charge is -2.26. The van der Waals surface area contributed by atoms with E-state index in [2.05, 4.69) is 29.0 Å². The Kier molecular flexibility index (Phi) is 7.55. The number of benzene rings is 1. The summed E-state index contributed by atoms with van der Waals surface area (Å²) in [6, 6.07) is 10.2. The fraction of sp³-hybridized carbons (Fsp3) is 0.368. The van der Waals surface area contributed by atoms with Crippen LogP contribution in [-0.4, -0.2) is 56.3 Å². The van der Waals surface area contributed by atoms with Gasteiger partial charge in [-0.2, -0.15) is 0 Å². The summed E-state index contributed by atoms with van der Waals surface area (Å²) in [5, 5.41) is 14.8. The van der Waals surface area contributed by atoms with E-state index in [1.165, 1.54) is 5.56 Å². The molecule has 1 aromatic carbocycles. The van der Waals surface area contributed by atoms with Crippen LogP contribution in [0.2, 0.25) is 0 Å². The zero-order chi connectivity index (χ0) is 20.5. The van der Waals surface area contributed by atoms with E-state index in [1.54, 1.807) is 11.2 Å². The van der Waals surface area contributed by atoms with Crippen molar-refractivity contribution in [3.8, 4) is 0 Å². The molecule has 0 spiro atoms. The number of imidazole rings is 1. The highest BCUT2D eigenvalue weighted by molar-refractivity contribution is 6.27. The Bertz CT molecular complexity index is 793. The second kappa shape index (κ2) is 10.1. The van der Waals surface area contributed by atoms with Gasteiger partial charge in [-0.3, -0.25) is 0 Å². The number of aromatic amines is 1. The number of amides is 1. The van der Waals surface area contributed by atoms with Gasteiger partial charge in [0.25, 0.3) is 0 Å². The van der Waals surface area contributed by atoms with Gasteiger partial charge in [-0.15, -0.1) is 0 Å². The minimum Gasteiger partial charge on any atom is -0.473 e. The molecule has 1 unspecified atom stereocenters. The minimum absolute atomic E-state index is 0.246. The maximum absolute atomic E-state index is 12.2. The highest BCUT2D eigenvalue weighted by Gasteiger charge is 2.24. The molecule has 9 heteroatoms. The molecule has 1 aliphatic heterocycles. The Labute approximate surface area is 162 Å². The van der Waals surface area contributed by atoms with Crippen LogP contribution in [0.3, 0.4) is 0 Å². The van der Waals surface area contributed by atoms with Crippen LogP contribution >= 0.6 is 0 Å². The van der Waals surface area contributed by atoms with Crippen LogP contribution in [0.4, 0.5) is 4.79 Å². The molecule has 0 aliphatic carbocycles. The molecule has 1 amide bonds. The summed E-state index contributed by atoms with van der Waals surface area (Å²) in [7, 11) is 0. The van der Waals surface area contributed by atoms with Crippen molar-refractivity contribution in [2.24, 2.45) is 0 Å². The fourth-order valence-electron chi connectivity index (χ4n) is 2.80. The van der Waals surface area contributed by atoms with Crippen LogP contribution in [0.1, 0.15) is 36.2 Å². The largest absolute Gasteiger partial charge is 0.473 e. The number of fused-ring (bicyclic) bond motifs is 1. The van der Waals surface area contributed by atoms with Crippen LogP contribution in [0, 0.1) is 0 Å². The number of H-pyrrole nitrogens is 1. The van der Waals surface area contributed by atoms with Crippen molar-refractivity contribution in [3.05, 3.63) is 53.6 Å². The number of carbonyl (C=O) groups excluding carboxylic acids is 1. The highest BCUT2D eigenvalue weighted by Crippen LogP contribution is 2.21. The maximum atomic E-state index is 12.2. The van der Waals surface area contributed by atoms with Gasteiger partial charge in [-0.25, -0.2) is 19.4 Å². The second-order valence-electron chi connectivity index (χ2n) is 6.20. The molecule has 2 aromatic rings. The maximum Gasteiger partial charge on any atom is 0.414 e. The summed E-state index contributed by atoms with van der Waals surface area (Å²) in [5.74, 6) is -3.40. The molecule has 2 heterocycles. The summed E-state index contributed by atoms with van der Waals surface area (Å²) >= 11 is 0. The number of carboxylic acids is 2. The first-order valence-corrected chi connectivity index (χ1v) is 8.86. The van der Waals surface area contributed by atoms with Crippen molar-refractivity contribution in [1.29, 1.82) is 0 Å². The van der Waals surface area contributed by atoms with Gasteiger partial charge in [0.15, 0.2) is 0 Å². The van der Waals surface area contributed by atoms with E-state index in [0.717, 1.165) is 24.2 Å². The van der Waals surface area contributed by atoms with E-state index < -0.39 is 11.9 Å². The molecule has 28 heavy (non-hydrogen) atoms. The number of hydrogen-bond donors (Lipinski definition) is 3. The number of hydrogen-bond acceptors (Lipinski definition) is 5. The van der Waals surface area contributed by atoms with Crippen molar-refractivity contribution >= 4 is 18.0 Å². The average Bonchev–Trinajstić information content (AvgIpc) is 3.17. The number of nitrogens with zero attached hydrogens (tertiary/aromatic N) is 2. The third-order valence-corrected chi connectivity index (χ3v) is 4.39. The van der Waals surface area contributed by atoms with Gasteiger partial charge in [-0.1, -0.05) is 37.3 Å². The van der Waals surface area contributed by atoms with Crippen LogP contribution in [-0.2, 0) is 27.3 Å². The monoisotopic (exact) mass is 389 g/mol. The Morgan fingerprint density at radius 2 is 1.89 bits per heavy atom. The Morgan fingerprint density at radius 3 is 2.50 bits per heavy atom. The van der Waals surface area contributed by atoms with Crippen LogP contribution in [0.25, 0.3) is 0 Å². The van der Waals surface area contributed by atoms with Gasteiger partial charge in [0, 0.05) is 24.6 Å². The molecule has 0 saturated carbocycles. The van der Waals surface area contributed by atoms with Crippen molar-refractivity contribution in [1.82, 2.24) is 14.9 Å². The number of rotatable bonds is 4. The zero-order valence-electron chi connectivity index (χ0n) is 15.5. The zero-order valence-corrected chi connectivity index (χ0v) is 15.5. The molecule has 0 bridgehead atoms. The lowest BCUT2D eigenvalue weighted by atomic mass is 9.98. The molecule has 1 atom stereocenters. The topological polar surface area (TPSA) is 133 Å². The van der Waals surface area contributed by atoms with Gasteiger partial charge < -0.3 is 24.8 Å². The highest BCUT2D eigenvalue weighted by atomic mass is 16.6. The summed E-state index contributed by atoms with van der Waals surface area (Å²) in [6.07, 6.45) is 3.19. The second-order valence-corrected chi connectivity index (χ2v) is 6.20. The van der Waals surface area contributed by atoms with E-state index in [4.69, 9.17) is 24.5 Å². The normalized spacial score (nSPS) is 13.5. The van der Waals surface area contributed by atoms with Crippen LogP contribution < -0.4 is 0 Å². The van der Waals surface area contributed by atoms with Gasteiger partial charge in [0.2, 0.25) is 0 Å². The van der Waals surface area contributed by atoms with Gasteiger partial charge in [-0.05, 0) is 12.0 Å². The lowest BCUT2D eigenvalue weighted by molar-refractivity contribution is -0.159. The van der Waals surface area contributed by atoms with E-state index >= 15 is 0 Å². The molecular weight excluding hydrogens is 366 g/mol. The van der Waals surface area contributed by atoms with Gasteiger partial charge >= 0.3 is 18.0 Å². The number of ether oxygens (including phenoxy) is 1. The van der Waals surface area contributed by atoms with Crippen molar-refractivity contribution < 1.29 is 29.3 Å². The third kappa shape index (κ3) is 5.83. The predicted octanol–water partition coefficient (Wildman–Crippen LogP) is 2.25. The van der Waals surface area contributed by atoms with E-state index in [1.807, 2.05) is 18.2 Å². The first-order chi connectivity index (χ1) is 13.4. The number of carboxylic acid groups (broad SMARTS) is 2. The number of carbonyl (C=O) groups is 3. The summed E-state index contributed by atoms with van der Waals surface area (Å²) < 4.78 is 5.53. The molecule has 150 valence electrons. The van der Waals surface area contributed by atoms with E-state index in [-0.39, 0.29) is 12.0 Å². The Hall–Kier alpha value is -3.36. The van der Waals surface area contributed by atoms with Gasteiger partial charge in [0.05, 0.1) is 18.6 Å². The Balaban J connectivity index is 0.000000409. The molecule has 3 rings (SSSR count). The van der Waals surface area contributed by atoms with Gasteiger partial charge in [0.1, 0.15) is 6.61 Å². The van der Waals surface area contributed by atoms with Crippen molar-refractivity contribution in [2.45, 2.75) is 32.2 Å². The summed E-state index contributed by atoms with van der Waals surface area (Å²) in [5.41, 5.74) is 3.28. The molecule has 1 aliphatic rings. The SMILES string of the molecule is CCC(COC(=O)N1CCc2[nH]cnc2C1)c1ccccc1.O=C(O)C(=O)O. The fourth-order valence-corrected chi connectivity index (χ4v) is 2.80. The predicted molar refractivity (Wildman–Crippen MR) is 98.8 cm³/mol. The Morgan fingerprint density at radius 1 is 1.21 bits per heavy atom. The molecule has 3 N–H and O–H groups in total. The molecular formula is C19H23N3O6. The number of aliphatic carboxylic acids is 2. The quantitative estimate of drug-likeness (QED) is 0.683. The molecule has 0 radical (unpaired) electrons. The number of aromatic nitrogens is 2. The van der Waals surface area contributed by atoms with Crippen LogP contribution in [0.15, 0.2) is 36.7 Å². The third-order valence-electron chi connectivity index (χ3n) is 4.39. The molecule has 0 fully saturated rings. The summed E-state index contributed by atoms with van der Waals surface area (Å²) in [4.78, 5) is 39.5.